The van der Waals surface area contributed by atoms with E-state index in [2.05, 4.69) is 47.8 Å². The fourth-order valence-electron chi connectivity index (χ4n) is 8.07. The lowest BCUT2D eigenvalue weighted by atomic mass is 9.95. The molecule has 4 rings (SSSR count). The van der Waals surface area contributed by atoms with E-state index in [-0.39, 0.29) is 49.5 Å². The van der Waals surface area contributed by atoms with Gasteiger partial charge in [-0.3, -0.25) is 38.4 Å². The molecule has 2 aliphatic heterocycles. The molecule has 2 aromatic rings. The second-order valence-electron chi connectivity index (χ2n) is 18.3. The normalized spacial score (nSPS) is 24.6. The molecule has 0 radical (unpaired) electrons. The SMILES string of the molecule is C/C=C1\NC(=O)[C@H](NC(=O)[C@@H](NC(=O)[C@H](C)NC(=O)CCC)C(C)C)[C@H](C)OC(=O)[C@H](C(C)C)NC(=O)[C@H](Cc2ccc(O)c(Br)c2)N(C)C(=O)[C@H](Cc2ccccc2)N2C(=O)[C@H](CC[C@H]2O)NC1=O. The number of ether oxygens (including phenoxy) is 1. The van der Waals surface area contributed by atoms with Crippen LogP contribution in [0.4, 0.5) is 0 Å². The molecule has 0 unspecified atom stereocenters. The predicted molar refractivity (Wildman–Crippen MR) is 259 cm³/mol. The molecule has 8 N–H and O–H groups in total. The first-order valence-corrected chi connectivity index (χ1v) is 24.3. The summed E-state index contributed by atoms with van der Waals surface area (Å²) in [6.45, 7) is 12.5. The maximum absolute atomic E-state index is 15.0. The second-order valence-corrected chi connectivity index (χ2v) is 19.2. The topological polar surface area (TPSA) is 282 Å². The molecule has 0 saturated carbocycles. The van der Waals surface area contributed by atoms with E-state index >= 15 is 4.79 Å². The third kappa shape index (κ3) is 14.6. The van der Waals surface area contributed by atoms with Crippen LogP contribution in [-0.4, -0.2) is 135 Å². The molecule has 20 nitrogen and oxygen atoms in total. The Morgan fingerprint density at radius 3 is 2.13 bits per heavy atom. The number of fused-ring (bicyclic) bond motifs is 2. The zero-order valence-corrected chi connectivity index (χ0v) is 42.6. The number of phenolic OH excluding ortho intramolecular Hbond substituents is 1. The Labute approximate surface area is 416 Å². The maximum Gasteiger partial charge on any atom is 0.329 e. The van der Waals surface area contributed by atoms with E-state index in [0.717, 1.165) is 9.80 Å². The lowest BCUT2D eigenvalue weighted by Gasteiger charge is -2.43. The number of aliphatic hydroxyl groups is 1. The summed E-state index contributed by atoms with van der Waals surface area (Å²) >= 11 is 3.30. The fraction of sp³-hybridized carbons (Fsp3) is 0.531. The van der Waals surface area contributed by atoms with Crippen LogP contribution in [0.5, 0.6) is 5.75 Å². The van der Waals surface area contributed by atoms with Crippen LogP contribution in [0.2, 0.25) is 0 Å². The number of aromatic hydroxyl groups is 1. The monoisotopic (exact) mass is 1040 g/mol. The Bertz CT molecular complexity index is 2290. The number of hydrogen-bond donors (Lipinski definition) is 8. The van der Waals surface area contributed by atoms with Gasteiger partial charge in [-0.25, -0.2) is 4.79 Å². The van der Waals surface area contributed by atoms with Gasteiger partial charge < -0.3 is 56.7 Å². The van der Waals surface area contributed by atoms with Crippen LogP contribution in [-0.2, 0) is 60.7 Å². The molecule has 0 aromatic heterocycles. The van der Waals surface area contributed by atoms with Crippen molar-refractivity contribution < 1.29 is 58.1 Å². The van der Waals surface area contributed by atoms with Gasteiger partial charge in [-0.05, 0) is 91.1 Å². The Balaban J connectivity index is 1.83. The van der Waals surface area contributed by atoms with Crippen LogP contribution in [0.1, 0.15) is 92.2 Å². The van der Waals surface area contributed by atoms with E-state index in [9.17, 15) is 48.6 Å². The van der Waals surface area contributed by atoms with E-state index in [1.54, 1.807) is 77.1 Å². The summed E-state index contributed by atoms with van der Waals surface area (Å²) < 4.78 is 6.16. The summed E-state index contributed by atoms with van der Waals surface area (Å²) in [6, 6.07) is 3.53. The van der Waals surface area contributed by atoms with E-state index in [1.807, 2.05) is 0 Å². The third-order valence-electron chi connectivity index (χ3n) is 12.2. The van der Waals surface area contributed by atoms with Crippen molar-refractivity contribution in [2.75, 3.05) is 7.05 Å². The van der Waals surface area contributed by atoms with Crippen molar-refractivity contribution in [3.63, 3.8) is 0 Å². The molecular weight excluding hydrogens is 972 g/mol. The molecular formula is C49H67BrN8O12. The minimum Gasteiger partial charge on any atom is -0.507 e. The number of likely N-dealkylation sites (N-methyl/N-ethyl adjacent to an activating group) is 1. The molecule has 382 valence electrons. The summed E-state index contributed by atoms with van der Waals surface area (Å²) in [5, 5.41) is 37.3. The Morgan fingerprint density at radius 1 is 0.871 bits per heavy atom. The minimum absolute atomic E-state index is 0.0680. The van der Waals surface area contributed by atoms with E-state index in [0.29, 0.717) is 22.0 Å². The van der Waals surface area contributed by atoms with Crippen molar-refractivity contribution >= 4 is 69.2 Å². The van der Waals surface area contributed by atoms with Crippen molar-refractivity contribution in [1.82, 2.24) is 41.7 Å². The van der Waals surface area contributed by atoms with Crippen LogP contribution in [0.25, 0.3) is 0 Å². The molecule has 9 atom stereocenters. The lowest BCUT2D eigenvalue weighted by Crippen LogP contribution is -2.64. The van der Waals surface area contributed by atoms with Gasteiger partial charge in [0.05, 0.1) is 4.47 Å². The number of rotatable bonds is 13. The largest absolute Gasteiger partial charge is 0.507 e. The number of piperidine rings is 1. The molecule has 2 aliphatic rings. The smallest absolute Gasteiger partial charge is 0.329 e. The quantitative estimate of drug-likeness (QED) is 0.105. The van der Waals surface area contributed by atoms with Crippen molar-refractivity contribution in [3.8, 4) is 5.75 Å². The van der Waals surface area contributed by atoms with Gasteiger partial charge in [-0.15, -0.1) is 0 Å². The lowest BCUT2D eigenvalue weighted by molar-refractivity contribution is -0.165. The number of aliphatic hydroxyl groups excluding tert-OH is 1. The number of benzene rings is 2. The standard InChI is InChI=1S/C49H67BrN8O12/c1-10-15-37(60)51-27(7)42(62)54-39(25(3)4)45(65)56-41-28(8)70-49(69)40(26(5)6)55-44(64)34(24-30-18-20-36(59)31(50)22-30)57(9)48(68)35(23-29-16-13-12-14-17-29)58-38(61)21-19-33(47(58)67)53-43(63)32(11-2)52-46(41)66/h11-14,16-18,20,22,25-28,33-35,38-41,59,61H,10,15,19,21,23-24H2,1-9H3,(H,51,60)(H,52,66)(H,53,63)(H,54,62)(H,55,64)(H,56,65)/b32-11-/t27-,28-,33-,34-,35-,38+,39-,40-,41+/m0/s1. The van der Waals surface area contributed by atoms with Gasteiger partial charge in [-0.1, -0.05) is 77.1 Å². The number of hydrogen-bond acceptors (Lipinski definition) is 12. The van der Waals surface area contributed by atoms with Crippen LogP contribution in [0.15, 0.2) is 64.8 Å². The molecule has 2 saturated heterocycles. The van der Waals surface area contributed by atoms with Gasteiger partial charge in [-0.2, -0.15) is 0 Å². The van der Waals surface area contributed by atoms with E-state index < -0.39 is 114 Å². The summed E-state index contributed by atoms with van der Waals surface area (Å²) in [5.74, 6) is -8.72. The highest BCUT2D eigenvalue weighted by Crippen LogP contribution is 2.28. The fourth-order valence-corrected chi connectivity index (χ4v) is 8.50. The van der Waals surface area contributed by atoms with Crippen molar-refractivity contribution in [2.24, 2.45) is 11.8 Å². The first-order valence-electron chi connectivity index (χ1n) is 23.5. The highest BCUT2D eigenvalue weighted by Gasteiger charge is 2.45. The number of nitrogens with one attached hydrogen (secondary N) is 6. The molecule has 2 heterocycles. The zero-order chi connectivity index (χ0) is 52.1. The van der Waals surface area contributed by atoms with Gasteiger partial charge in [0.25, 0.3) is 11.8 Å². The summed E-state index contributed by atoms with van der Waals surface area (Å²) in [6.07, 6.45) is -1.51. The van der Waals surface area contributed by atoms with Crippen molar-refractivity contribution in [3.05, 3.63) is 75.9 Å². The average molecular weight is 1040 g/mol. The summed E-state index contributed by atoms with van der Waals surface area (Å²) in [5.41, 5.74) is 0.712. The van der Waals surface area contributed by atoms with Gasteiger partial charge in [0.1, 0.15) is 66.1 Å². The van der Waals surface area contributed by atoms with Gasteiger partial charge >= 0.3 is 5.97 Å². The zero-order valence-electron chi connectivity index (χ0n) is 41.0. The van der Waals surface area contributed by atoms with Crippen LogP contribution < -0.4 is 31.9 Å². The summed E-state index contributed by atoms with van der Waals surface area (Å²) in [7, 11) is 1.35. The van der Waals surface area contributed by atoms with Crippen LogP contribution in [0.3, 0.4) is 0 Å². The van der Waals surface area contributed by atoms with Crippen LogP contribution >= 0.6 is 15.9 Å². The highest BCUT2D eigenvalue weighted by atomic mass is 79.9. The number of carbonyl (C=O) groups excluding carboxylic acids is 9. The van der Waals surface area contributed by atoms with Crippen molar-refractivity contribution in [2.45, 2.75) is 149 Å². The first-order chi connectivity index (χ1) is 33.0. The minimum atomic E-state index is -1.75. The Kier molecular flexibility index (Phi) is 20.5. The molecule has 0 aliphatic carbocycles. The van der Waals surface area contributed by atoms with Crippen LogP contribution in [0, 0.1) is 11.8 Å². The summed E-state index contributed by atoms with van der Waals surface area (Å²) in [4.78, 5) is 129. The van der Waals surface area contributed by atoms with E-state index in [1.165, 1.54) is 40.0 Å². The number of halogens is 1. The van der Waals surface area contributed by atoms with Gasteiger partial charge in [0.2, 0.25) is 35.4 Å². The number of esters is 1. The highest BCUT2D eigenvalue weighted by molar-refractivity contribution is 9.10. The predicted octanol–water partition coefficient (Wildman–Crippen LogP) is 1.60. The molecule has 2 bridgehead atoms. The van der Waals surface area contributed by atoms with Gasteiger partial charge in [0, 0.05) is 26.3 Å². The number of carbonyl (C=O) groups is 9. The molecule has 0 spiro atoms. The third-order valence-corrected chi connectivity index (χ3v) is 12.8. The van der Waals surface area contributed by atoms with Gasteiger partial charge in [0.15, 0.2) is 0 Å². The van der Waals surface area contributed by atoms with Crippen molar-refractivity contribution in [1.29, 1.82) is 0 Å². The Morgan fingerprint density at radius 2 is 1.53 bits per heavy atom. The average Bonchev–Trinajstić information content (AvgIpc) is 3.30. The number of phenols is 1. The molecule has 70 heavy (non-hydrogen) atoms. The number of allylic oxidation sites excluding steroid dienone is 1. The number of cyclic esters (lactones) is 1. The molecule has 2 fully saturated rings. The number of nitrogens with zero attached hydrogens (tertiary/aromatic N) is 2. The second kappa shape index (κ2) is 25.5. The molecule has 21 heteroatoms. The number of amides is 8. The molecule has 8 amide bonds. The maximum atomic E-state index is 15.0. The Hall–Kier alpha value is -6.35. The molecule has 2 aromatic carbocycles. The first kappa shape index (κ1) is 56.2. The van der Waals surface area contributed by atoms with E-state index in [4.69, 9.17) is 4.74 Å².